The highest BCUT2D eigenvalue weighted by Crippen LogP contribution is 2.41. The van der Waals surface area contributed by atoms with Crippen LogP contribution in [0, 0.1) is 0 Å². The number of nitrogens with zero attached hydrogens (tertiary/aromatic N) is 3. The van der Waals surface area contributed by atoms with Gasteiger partial charge in [0.2, 0.25) is 0 Å². The lowest BCUT2D eigenvalue weighted by molar-refractivity contribution is 0.00687. The number of aliphatic hydroxyl groups is 1. The molecule has 6 rings (SSSR count). The van der Waals surface area contributed by atoms with Crippen molar-refractivity contribution < 1.29 is 28.5 Å². The van der Waals surface area contributed by atoms with Gasteiger partial charge in [0, 0.05) is 21.3 Å². The Bertz CT molecular complexity index is 1620. The molecule has 2 saturated heterocycles. The molecule has 2 N–H and O–H groups in total. The van der Waals surface area contributed by atoms with E-state index < -0.39 is 16.4 Å². The number of imidazole rings is 1. The molecule has 0 amide bonds. The van der Waals surface area contributed by atoms with Crippen LogP contribution in [-0.2, 0) is 38.2 Å². The fourth-order valence-electron chi connectivity index (χ4n) is 6.59. The number of anilines is 1. The zero-order valence-electron chi connectivity index (χ0n) is 30.5. The number of fused-ring (bicyclic) bond motifs is 3. The van der Waals surface area contributed by atoms with Gasteiger partial charge in [0.1, 0.15) is 30.3 Å². The van der Waals surface area contributed by atoms with Gasteiger partial charge in [-0.2, -0.15) is 4.98 Å². The quantitative estimate of drug-likeness (QED) is 0.130. The van der Waals surface area contributed by atoms with E-state index in [0.29, 0.717) is 47.8 Å². The van der Waals surface area contributed by atoms with Gasteiger partial charge in [-0.25, -0.2) is 4.98 Å². The molecule has 2 aliphatic heterocycles. The first-order valence-electron chi connectivity index (χ1n) is 17.8. The van der Waals surface area contributed by atoms with Crippen molar-refractivity contribution in [3.63, 3.8) is 0 Å². The van der Waals surface area contributed by atoms with Crippen LogP contribution in [0.4, 0.5) is 5.82 Å². The number of halogens is 1. The van der Waals surface area contributed by atoms with Crippen LogP contribution >= 0.6 is 11.6 Å². The Morgan fingerprint density at radius 1 is 1.04 bits per heavy atom. The summed E-state index contributed by atoms with van der Waals surface area (Å²) in [5.74, 6) is 0.611. The molecule has 10 nitrogen and oxygen atoms in total. The van der Waals surface area contributed by atoms with Crippen molar-refractivity contribution in [3.8, 4) is 6.01 Å². The van der Waals surface area contributed by atoms with Crippen LogP contribution in [0.5, 0.6) is 6.01 Å². The van der Waals surface area contributed by atoms with E-state index in [2.05, 4.69) is 77.0 Å². The molecule has 3 aliphatic rings. The SMILES string of the molecule is CC(C)(C)[Si](C)(C)O[C@@H]1CO[C@H]2[C@@H]1OC[C@H]2Oc1nc2cc(Cl)c(N[C@H]3CCc4cc(CCCO)ccc43)nc2n1COCC[Si](C)(C)C. The van der Waals surface area contributed by atoms with Crippen molar-refractivity contribution in [1.82, 2.24) is 14.5 Å². The minimum atomic E-state index is -2.01. The van der Waals surface area contributed by atoms with Crippen LogP contribution in [0.25, 0.3) is 11.2 Å². The van der Waals surface area contributed by atoms with Crippen LogP contribution < -0.4 is 10.1 Å². The summed E-state index contributed by atoms with van der Waals surface area (Å²) in [4.78, 5) is 9.91. The molecule has 13 heteroatoms. The fraction of sp³-hybridized carbons (Fsp3) is 0.667. The van der Waals surface area contributed by atoms with Gasteiger partial charge in [0.05, 0.1) is 30.4 Å². The molecule has 49 heavy (non-hydrogen) atoms. The van der Waals surface area contributed by atoms with Crippen molar-refractivity contribution in [1.29, 1.82) is 0 Å². The van der Waals surface area contributed by atoms with Gasteiger partial charge in [-0.3, -0.25) is 4.57 Å². The summed E-state index contributed by atoms with van der Waals surface area (Å²) in [6, 6.07) is 10.1. The van der Waals surface area contributed by atoms with Crippen LogP contribution in [0.3, 0.4) is 0 Å². The highest BCUT2D eigenvalue weighted by molar-refractivity contribution is 6.76. The zero-order valence-corrected chi connectivity index (χ0v) is 33.2. The topological polar surface area (TPSA) is 109 Å². The number of aromatic nitrogens is 3. The second-order valence-corrected chi connectivity index (χ2v) is 27.4. The molecule has 0 saturated carbocycles. The van der Waals surface area contributed by atoms with Gasteiger partial charge in [-0.1, -0.05) is 70.2 Å². The van der Waals surface area contributed by atoms with Crippen molar-refractivity contribution in [2.75, 3.05) is 31.7 Å². The molecule has 3 aromatic rings. The number of nitrogens with one attached hydrogen (secondary N) is 1. The third-order valence-corrected chi connectivity index (χ3v) is 17.0. The average molecular weight is 731 g/mol. The number of pyridine rings is 1. The van der Waals surface area contributed by atoms with Crippen molar-refractivity contribution in [3.05, 3.63) is 46.0 Å². The first-order chi connectivity index (χ1) is 23.1. The third-order valence-electron chi connectivity index (χ3n) is 10.5. The van der Waals surface area contributed by atoms with Crippen LogP contribution in [0.1, 0.15) is 56.3 Å². The lowest BCUT2D eigenvalue weighted by atomic mass is 10.0. The Balaban J connectivity index is 1.23. The highest BCUT2D eigenvalue weighted by Gasteiger charge is 2.52. The van der Waals surface area contributed by atoms with Crippen molar-refractivity contribution >= 4 is 45.0 Å². The Morgan fingerprint density at radius 3 is 2.49 bits per heavy atom. The fourth-order valence-corrected chi connectivity index (χ4v) is 8.86. The maximum absolute atomic E-state index is 9.25. The molecule has 2 fully saturated rings. The van der Waals surface area contributed by atoms with E-state index >= 15 is 0 Å². The molecule has 0 bridgehead atoms. The standard InChI is InChI=1S/C36H55ClN4O6Si2/c1-36(2,3)49(7,8)47-30-21-45-31-29(20-44-32(30)31)46-35-39-28-19-26(37)33(40-34(28)41(35)22-43-16-17-48(4,5)6)38-27-14-12-24-18-23(10-9-15-42)11-13-25(24)27/h11,13,18-19,27,29-32,42H,9-10,12,14-17,20-22H2,1-8H3,(H,38,40)/t27-,29+,30+,31+,32+/m0/s1. The minimum absolute atomic E-state index is 0.0905. The lowest BCUT2D eigenvalue weighted by Gasteiger charge is -2.39. The first-order valence-corrected chi connectivity index (χ1v) is 24.8. The maximum atomic E-state index is 9.25. The molecular weight excluding hydrogens is 676 g/mol. The van der Waals surface area contributed by atoms with E-state index in [4.69, 9.17) is 44.9 Å². The summed E-state index contributed by atoms with van der Waals surface area (Å²) in [7, 11) is -3.29. The summed E-state index contributed by atoms with van der Waals surface area (Å²) in [5, 5.41) is 13.5. The third kappa shape index (κ3) is 8.22. The van der Waals surface area contributed by atoms with E-state index in [1.807, 2.05) is 10.6 Å². The van der Waals surface area contributed by atoms with Gasteiger partial charge in [0.15, 0.2) is 20.1 Å². The monoisotopic (exact) mass is 730 g/mol. The predicted octanol–water partition coefficient (Wildman–Crippen LogP) is 7.36. The highest BCUT2D eigenvalue weighted by atomic mass is 35.5. The van der Waals surface area contributed by atoms with Gasteiger partial charge < -0.3 is 33.8 Å². The van der Waals surface area contributed by atoms with Crippen LogP contribution in [0.15, 0.2) is 24.3 Å². The predicted molar refractivity (Wildman–Crippen MR) is 199 cm³/mol. The molecule has 270 valence electrons. The lowest BCUT2D eigenvalue weighted by Crippen LogP contribution is -2.47. The molecule has 5 atom stereocenters. The normalized spacial score (nSPS) is 24.1. The number of hydrogen-bond donors (Lipinski definition) is 2. The van der Waals surface area contributed by atoms with Gasteiger partial charge in [-0.05, 0) is 72.6 Å². The van der Waals surface area contributed by atoms with Crippen LogP contribution in [-0.4, -0.2) is 86.9 Å². The number of rotatable bonds is 14. The molecule has 4 heterocycles. The van der Waals surface area contributed by atoms with Gasteiger partial charge >= 0.3 is 6.01 Å². The zero-order chi connectivity index (χ0) is 35.1. The Morgan fingerprint density at radius 2 is 1.78 bits per heavy atom. The smallest absolute Gasteiger partial charge is 0.301 e. The number of aryl methyl sites for hydroxylation is 2. The van der Waals surface area contributed by atoms with Gasteiger partial charge in [-0.15, -0.1) is 0 Å². The molecule has 0 unspecified atom stereocenters. The van der Waals surface area contributed by atoms with E-state index in [1.54, 1.807) is 0 Å². The van der Waals surface area contributed by atoms with E-state index in [-0.39, 0.29) is 48.8 Å². The Kier molecular flexibility index (Phi) is 10.9. The van der Waals surface area contributed by atoms with Crippen molar-refractivity contribution in [2.45, 2.75) is 127 Å². The summed E-state index contributed by atoms with van der Waals surface area (Å²) in [6.45, 7) is 20.3. The second kappa shape index (κ2) is 14.5. The molecular formula is C36H55ClN4O6Si2. The van der Waals surface area contributed by atoms with E-state index in [1.165, 1.54) is 16.7 Å². The number of benzene rings is 1. The molecule has 2 aromatic heterocycles. The number of ether oxygens (including phenoxy) is 4. The van der Waals surface area contributed by atoms with Crippen molar-refractivity contribution in [2.24, 2.45) is 0 Å². The summed E-state index contributed by atoms with van der Waals surface area (Å²) < 4.78 is 34.0. The first kappa shape index (κ1) is 36.7. The van der Waals surface area contributed by atoms with Gasteiger partial charge in [0.25, 0.3) is 0 Å². The van der Waals surface area contributed by atoms with Crippen LogP contribution in [0.2, 0.25) is 48.8 Å². The summed E-state index contributed by atoms with van der Waals surface area (Å²) in [5.41, 5.74) is 5.15. The van der Waals surface area contributed by atoms with E-state index in [0.717, 1.165) is 31.7 Å². The minimum Gasteiger partial charge on any atom is -0.456 e. The number of aliphatic hydroxyl groups excluding tert-OH is 1. The maximum Gasteiger partial charge on any atom is 0.301 e. The molecule has 0 radical (unpaired) electrons. The van der Waals surface area contributed by atoms with E-state index in [9.17, 15) is 5.11 Å². The molecule has 1 aliphatic carbocycles. The largest absolute Gasteiger partial charge is 0.456 e. The Hall–Kier alpha value is -2.04. The average Bonchev–Trinajstić information content (AvgIpc) is 3.78. The molecule has 1 aromatic carbocycles. The molecule has 0 spiro atoms. The summed E-state index contributed by atoms with van der Waals surface area (Å²) in [6.07, 6.45) is 2.68. The second-order valence-electron chi connectivity index (χ2n) is 16.6. The number of hydrogen-bond acceptors (Lipinski definition) is 9. The Labute approximate surface area is 298 Å². The summed E-state index contributed by atoms with van der Waals surface area (Å²) >= 11 is 6.86.